The molecule has 0 fully saturated rings. The largest absolute Gasteiger partial charge is 0.376 e. The number of aryl methyl sites for hydroxylation is 1. The van der Waals surface area contributed by atoms with Crippen molar-refractivity contribution in [2.75, 3.05) is 17.2 Å². The van der Waals surface area contributed by atoms with E-state index in [1.807, 2.05) is 55.6 Å². The molecule has 0 unspecified atom stereocenters. The van der Waals surface area contributed by atoms with E-state index in [-0.39, 0.29) is 12.5 Å². The van der Waals surface area contributed by atoms with E-state index in [1.54, 1.807) is 24.3 Å². The van der Waals surface area contributed by atoms with Gasteiger partial charge in [-0.05, 0) is 60.7 Å². The second kappa shape index (κ2) is 7.87. The van der Waals surface area contributed by atoms with Crippen molar-refractivity contribution in [3.63, 3.8) is 0 Å². The second-order valence-corrected chi connectivity index (χ2v) is 6.65. The Bertz CT molecular complexity index is 1200. The van der Waals surface area contributed by atoms with Gasteiger partial charge in [0.05, 0.1) is 29.2 Å². The molecular formula is C23H19N5O. The third-order valence-corrected chi connectivity index (χ3v) is 4.68. The maximum atomic E-state index is 12.2. The van der Waals surface area contributed by atoms with E-state index in [0.29, 0.717) is 5.56 Å². The first-order valence-corrected chi connectivity index (χ1v) is 9.20. The molecule has 6 heteroatoms. The minimum Gasteiger partial charge on any atom is -0.376 e. The Balaban J connectivity index is 1.40. The highest BCUT2D eigenvalue weighted by molar-refractivity contribution is 5.94. The van der Waals surface area contributed by atoms with E-state index in [4.69, 9.17) is 10.2 Å². The Morgan fingerprint density at radius 1 is 1.00 bits per heavy atom. The fraction of sp³-hybridized carbons (Fsp3) is 0.0870. The average molecular weight is 381 g/mol. The molecule has 29 heavy (non-hydrogen) atoms. The Kier molecular flexibility index (Phi) is 4.95. The molecule has 2 N–H and O–H groups in total. The normalized spacial score (nSPS) is 10.5. The second-order valence-electron chi connectivity index (χ2n) is 6.65. The van der Waals surface area contributed by atoms with Crippen LogP contribution in [0.5, 0.6) is 0 Å². The molecule has 0 atom stereocenters. The van der Waals surface area contributed by atoms with E-state index in [0.717, 1.165) is 33.8 Å². The molecule has 0 saturated heterocycles. The first-order chi connectivity index (χ1) is 14.1. The Morgan fingerprint density at radius 3 is 2.38 bits per heavy atom. The van der Waals surface area contributed by atoms with Crippen molar-refractivity contribution in [3.8, 4) is 17.5 Å². The van der Waals surface area contributed by atoms with Crippen LogP contribution in [0.2, 0.25) is 0 Å². The lowest BCUT2D eigenvalue weighted by molar-refractivity contribution is -0.114. The van der Waals surface area contributed by atoms with Crippen LogP contribution in [0.4, 0.5) is 11.4 Å². The molecule has 4 aromatic rings. The topological polar surface area (TPSA) is 82.7 Å². The number of benzene rings is 3. The van der Waals surface area contributed by atoms with Gasteiger partial charge in [-0.1, -0.05) is 12.1 Å². The maximum absolute atomic E-state index is 12.2. The van der Waals surface area contributed by atoms with Gasteiger partial charge in [0.2, 0.25) is 5.91 Å². The molecule has 1 aromatic heterocycles. The van der Waals surface area contributed by atoms with Crippen LogP contribution < -0.4 is 10.6 Å². The van der Waals surface area contributed by atoms with Crippen molar-refractivity contribution in [2.45, 2.75) is 0 Å². The molecule has 1 heterocycles. The smallest absolute Gasteiger partial charge is 0.243 e. The number of carbonyl (C=O) groups excluding carboxylic acids is 1. The number of imidazole rings is 1. The third kappa shape index (κ3) is 3.94. The summed E-state index contributed by atoms with van der Waals surface area (Å²) in [7, 11) is 2.00. The molecule has 0 aliphatic rings. The quantitative estimate of drug-likeness (QED) is 0.544. The molecule has 3 aromatic carbocycles. The summed E-state index contributed by atoms with van der Waals surface area (Å²) < 4.78 is 2.06. The molecule has 6 nitrogen and oxygen atoms in total. The number of fused-ring (bicyclic) bond motifs is 1. The minimum atomic E-state index is -0.148. The summed E-state index contributed by atoms with van der Waals surface area (Å²) in [5.74, 6) is 0.733. The zero-order chi connectivity index (χ0) is 20.2. The molecule has 0 saturated carbocycles. The first kappa shape index (κ1) is 18.3. The van der Waals surface area contributed by atoms with Crippen molar-refractivity contribution in [3.05, 3.63) is 78.4 Å². The molecule has 142 valence electrons. The number of nitrogens with one attached hydrogen (secondary N) is 2. The number of carbonyl (C=O) groups is 1. The van der Waals surface area contributed by atoms with Crippen molar-refractivity contribution < 1.29 is 4.79 Å². The van der Waals surface area contributed by atoms with Crippen LogP contribution in [0, 0.1) is 11.3 Å². The van der Waals surface area contributed by atoms with Crippen molar-refractivity contribution in [1.82, 2.24) is 9.55 Å². The van der Waals surface area contributed by atoms with Gasteiger partial charge in [-0.3, -0.25) is 4.79 Å². The van der Waals surface area contributed by atoms with E-state index in [2.05, 4.69) is 21.3 Å². The highest BCUT2D eigenvalue weighted by atomic mass is 16.1. The van der Waals surface area contributed by atoms with Gasteiger partial charge in [-0.15, -0.1) is 0 Å². The fourth-order valence-electron chi connectivity index (χ4n) is 3.16. The highest BCUT2D eigenvalue weighted by Gasteiger charge is 2.10. The number of rotatable bonds is 5. The monoisotopic (exact) mass is 381 g/mol. The lowest BCUT2D eigenvalue weighted by Crippen LogP contribution is -2.21. The summed E-state index contributed by atoms with van der Waals surface area (Å²) in [5, 5.41) is 14.7. The number of amides is 1. The van der Waals surface area contributed by atoms with Crippen molar-refractivity contribution in [1.29, 1.82) is 5.26 Å². The Morgan fingerprint density at radius 2 is 1.69 bits per heavy atom. The molecule has 0 bridgehead atoms. The van der Waals surface area contributed by atoms with Gasteiger partial charge in [0.1, 0.15) is 5.82 Å². The van der Waals surface area contributed by atoms with Crippen LogP contribution in [0.15, 0.2) is 72.8 Å². The van der Waals surface area contributed by atoms with E-state index in [1.165, 1.54) is 0 Å². The molecular weight excluding hydrogens is 362 g/mol. The van der Waals surface area contributed by atoms with Crippen LogP contribution in [-0.2, 0) is 11.8 Å². The van der Waals surface area contributed by atoms with Crippen LogP contribution in [-0.4, -0.2) is 22.0 Å². The predicted octanol–water partition coefficient (Wildman–Crippen LogP) is 4.16. The van der Waals surface area contributed by atoms with Crippen molar-refractivity contribution >= 4 is 28.3 Å². The van der Waals surface area contributed by atoms with Crippen LogP contribution in [0.25, 0.3) is 22.4 Å². The van der Waals surface area contributed by atoms with Gasteiger partial charge >= 0.3 is 0 Å². The number of para-hydroxylation sites is 2. The van der Waals surface area contributed by atoms with E-state index >= 15 is 0 Å². The number of hydrogen-bond acceptors (Lipinski definition) is 4. The SMILES string of the molecule is Cn1c(-c2ccc(NC(=O)CNc3ccc(C#N)cc3)cc2)nc2ccccc21. The van der Waals surface area contributed by atoms with Crippen LogP contribution in [0.1, 0.15) is 5.56 Å². The fourth-order valence-corrected chi connectivity index (χ4v) is 3.16. The molecule has 4 rings (SSSR count). The summed E-state index contributed by atoms with van der Waals surface area (Å²) in [6.45, 7) is 0.137. The number of nitriles is 1. The molecule has 0 spiro atoms. The first-order valence-electron chi connectivity index (χ1n) is 9.20. The third-order valence-electron chi connectivity index (χ3n) is 4.68. The van der Waals surface area contributed by atoms with Gasteiger partial charge < -0.3 is 15.2 Å². The van der Waals surface area contributed by atoms with Crippen molar-refractivity contribution in [2.24, 2.45) is 7.05 Å². The lowest BCUT2D eigenvalue weighted by Gasteiger charge is -2.09. The zero-order valence-electron chi connectivity index (χ0n) is 15.9. The summed E-state index contributed by atoms with van der Waals surface area (Å²) in [4.78, 5) is 16.9. The number of anilines is 2. The number of hydrogen-bond donors (Lipinski definition) is 2. The van der Waals surface area contributed by atoms with Crippen LogP contribution in [0.3, 0.4) is 0 Å². The van der Waals surface area contributed by atoms with Gasteiger partial charge in [-0.25, -0.2) is 4.98 Å². The standard InChI is InChI=1S/C23H19N5O/c1-28-21-5-3-2-4-20(21)27-23(28)17-8-12-19(13-9-17)26-22(29)15-25-18-10-6-16(14-24)7-11-18/h2-13,25H,15H2,1H3,(H,26,29). The van der Waals surface area contributed by atoms with Gasteiger partial charge in [0, 0.05) is 24.0 Å². The Hall–Kier alpha value is -4.11. The van der Waals surface area contributed by atoms with Gasteiger partial charge in [0.25, 0.3) is 0 Å². The number of nitrogens with zero attached hydrogens (tertiary/aromatic N) is 3. The predicted molar refractivity (Wildman–Crippen MR) is 114 cm³/mol. The summed E-state index contributed by atoms with van der Waals surface area (Å²) in [5.41, 5.74) is 5.11. The van der Waals surface area contributed by atoms with Gasteiger partial charge in [0.15, 0.2) is 0 Å². The Labute approximate surface area is 168 Å². The molecule has 0 radical (unpaired) electrons. The highest BCUT2D eigenvalue weighted by Crippen LogP contribution is 2.24. The molecule has 0 aliphatic carbocycles. The van der Waals surface area contributed by atoms with Crippen LogP contribution >= 0.6 is 0 Å². The lowest BCUT2D eigenvalue weighted by atomic mass is 10.2. The van der Waals surface area contributed by atoms with E-state index in [9.17, 15) is 4.79 Å². The minimum absolute atomic E-state index is 0.137. The maximum Gasteiger partial charge on any atom is 0.243 e. The molecule has 0 aliphatic heterocycles. The summed E-state index contributed by atoms with van der Waals surface area (Å²) in [6, 6.07) is 24.7. The molecule has 1 amide bonds. The summed E-state index contributed by atoms with van der Waals surface area (Å²) in [6.07, 6.45) is 0. The average Bonchev–Trinajstić information content (AvgIpc) is 3.10. The zero-order valence-corrected chi connectivity index (χ0v) is 15.9. The number of aromatic nitrogens is 2. The summed E-state index contributed by atoms with van der Waals surface area (Å²) >= 11 is 0. The van der Waals surface area contributed by atoms with E-state index < -0.39 is 0 Å². The van der Waals surface area contributed by atoms with Gasteiger partial charge in [-0.2, -0.15) is 5.26 Å².